The maximum absolute atomic E-state index is 12.3. The second-order valence-electron chi connectivity index (χ2n) is 4.87. The zero-order valence-corrected chi connectivity index (χ0v) is 10.7. The number of amides is 1. The Morgan fingerprint density at radius 2 is 2.41 bits per heavy atom. The molecule has 0 unspecified atom stereocenters. The predicted molar refractivity (Wildman–Crippen MR) is 66.9 cm³/mol. The van der Waals surface area contributed by atoms with E-state index in [4.69, 9.17) is 0 Å². The van der Waals surface area contributed by atoms with Crippen molar-refractivity contribution in [1.82, 2.24) is 15.1 Å². The van der Waals surface area contributed by atoms with Crippen molar-refractivity contribution in [2.24, 2.45) is 0 Å². The van der Waals surface area contributed by atoms with Gasteiger partial charge in [-0.3, -0.25) is 9.89 Å². The average molecular weight is 235 g/mol. The van der Waals surface area contributed by atoms with Gasteiger partial charge in [0.1, 0.15) is 5.69 Å². The van der Waals surface area contributed by atoms with Gasteiger partial charge in [0.15, 0.2) is 0 Å². The Hall–Kier alpha value is -1.32. The van der Waals surface area contributed by atoms with Gasteiger partial charge in [-0.1, -0.05) is 13.3 Å². The molecule has 0 bridgehead atoms. The molecule has 1 aliphatic rings. The minimum atomic E-state index is 0.0794. The number of aryl methyl sites for hydroxylation is 1. The second kappa shape index (κ2) is 5.34. The van der Waals surface area contributed by atoms with Gasteiger partial charge < -0.3 is 4.90 Å². The van der Waals surface area contributed by atoms with Crippen LogP contribution < -0.4 is 0 Å². The average Bonchev–Trinajstić information content (AvgIpc) is 2.78. The fourth-order valence-corrected chi connectivity index (χ4v) is 2.42. The van der Waals surface area contributed by atoms with Crippen LogP contribution in [0.5, 0.6) is 0 Å². The topological polar surface area (TPSA) is 49.0 Å². The van der Waals surface area contributed by atoms with E-state index in [1.165, 1.54) is 6.42 Å². The summed E-state index contributed by atoms with van der Waals surface area (Å²) in [4.78, 5) is 14.2. The number of piperidine rings is 1. The summed E-state index contributed by atoms with van der Waals surface area (Å²) in [5, 5.41) is 7.07. The first-order valence-corrected chi connectivity index (χ1v) is 6.57. The van der Waals surface area contributed by atoms with Crippen molar-refractivity contribution in [2.75, 3.05) is 6.54 Å². The maximum atomic E-state index is 12.3. The first-order valence-electron chi connectivity index (χ1n) is 6.57. The lowest BCUT2D eigenvalue weighted by atomic mass is 10.0. The molecule has 1 aromatic heterocycles. The Morgan fingerprint density at radius 3 is 3.12 bits per heavy atom. The van der Waals surface area contributed by atoms with Gasteiger partial charge in [-0.25, -0.2) is 0 Å². The van der Waals surface area contributed by atoms with Crippen LogP contribution in [0.3, 0.4) is 0 Å². The van der Waals surface area contributed by atoms with Crippen molar-refractivity contribution in [3.8, 4) is 0 Å². The molecule has 2 heterocycles. The van der Waals surface area contributed by atoms with E-state index < -0.39 is 0 Å². The van der Waals surface area contributed by atoms with Crippen LogP contribution in [0.25, 0.3) is 0 Å². The van der Waals surface area contributed by atoms with Crippen LogP contribution in [0.2, 0.25) is 0 Å². The molecule has 0 aromatic carbocycles. The molecule has 1 aromatic rings. The highest BCUT2D eigenvalue weighted by molar-refractivity contribution is 5.92. The second-order valence-corrected chi connectivity index (χ2v) is 4.87. The van der Waals surface area contributed by atoms with E-state index in [9.17, 15) is 4.79 Å². The molecule has 1 amide bonds. The molecule has 1 fully saturated rings. The van der Waals surface area contributed by atoms with Crippen LogP contribution in [0.15, 0.2) is 6.07 Å². The molecular weight excluding hydrogens is 214 g/mol. The van der Waals surface area contributed by atoms with Gasteiger partial charge in [0, 0.05) is 18.3 Å². The van der Waals surface area contributed by atoms with Gasteiger partial charge in [0.25, 0.3) is 5.91 Å². The Bertz CT molecular complexity index is 386. The summed E-state index contributed by atoms with van der Waals surface area (Å²) in [6.07, 6.45) is 5.47. The molecule has 1 aliphatic heterocycles. The minimum absolute atomic E-state index is 0.0794. The van der Waals surface area contributed by atoms with Crippen molar-refractivity contribution < 1.29 is 4.79 Å². The minimum Gasteiger partial charge on any atom is -0.335 e. The van der Waals surface area contributed by atoms with E-state index >= 15 is 0 Å². The Labute approximate surface area is 102 Å². The van der Waals surface area contributed by atoms with E-state index in [2.05, 4.69) is 24.0 Å². The van der Waals surface area contributed by atoms with Crippen LogP contribution >= 0.6 is 0 Å². The highest BCUT2D eigenvalue weighted by Crippen LogP contribution is 2.18. The van der Waals surface area contributed by atoms with Gasteiger partial charge in [0.05, 0.1) is 0 Å². The SMILES string of the molecule is CCCc1cc(C(=O)N2CCCC[C@@H]2C)n[nH]1. The predicted octanol–water partition coefficient (Wildman–Crippen LogP) is 2.38. The number of nitrogens with zero attached hydrogens (tertiary/aromatic N) is 2. The zero-order valence-electron chi connectivity index (χ0n) is 10.7. The first-order chi connectivity index (χ1) is 8.22. The Balaban J connectivity index is 2.07. The summed E-state index contributed by atoms with van der Waals surface area (Å²) in [6, 6.07) is 2.25. The van der Waals surface area contributed by atoms with E-state index in [1.54, 1.807) is 0 Å². The number of carbonyl (C=O) groups excluding carboxylic acids is 1. The van der Waals surface area contributed by atoms with Crippen molar-refractivity contribution in [1.29, 1.82) is 0 Å². The quantitative estimate of drug-likeness (QED) is 0.874. The summed E-state index contributed by atoms with van der Waals surface area (Å²) in [5.41, 5.74) is 1.63. The molecular formula is C13H21N3O. The standard InChI is InChI=1S/C13H21N3O/c1-3-6-11-9-12(15-14-11)13(17)16-8-5-4-7-10(16)2/h9-10H,3-8H2,1-2H3,(H,14,15)/t10-/m0/s1. The fourth-order valence-electron chi connectivity index (χ4n) is 2.42. The van der Waals surface area contributed by atoms with Gasteiger partial charge in [0.2, 0.25) is 0 Å². The van der Waals surface area contributed by atoms with Crippen molar-refractivity contribution in [2.45, 2.75) is 52.0 Å². The van der Waals surface area contributed by atoms with Crippen LogP contribution in [0.4, 0.5) is 0 Å². The lowest BCUT2D eigenvalue weighted by Gasteiger charge is -2.32. The van der Waals surface area contributed by atoms with E-state index in [0.717, 1.165) is 37.9 Å². The fraction of sp³-hybridized carbons (Fsp3) is 0.692. The molecule has 1 N–H and O–H groups in total. The summed E-state index contributed by atoms with van der Waals surface area (Å²) in [6.45, 7) is 5.11. The number of aromatic nitrogens is 2. The molecule has 17 heavy (non-hydrogen) atoms. The molecule has 1 saturated heterocycles. The maximum Gasteiger partial charge on any atom is 0.274 e. The lowest BCUT2D eigenvalue weighted by molar-refractivity contribution is 0.0629. The van der Waals surface area contributed by atoms with Gasteiger partial charge in [-0.05, 0) is 38.7 Å². The van der Waals surface area contributed by atoms with E-state index in [0.29, 0.717) is 11.7 Å². The third kappa shape index (κ3) is 2.68. The zero-order chi connectivity index (χ0) is 12.3. The van der Waals surface area contributed by atoms with E-state index in [-0.39, 0.29) is 5.91 Å². The monoisotopic (exact) mass is 235 g/mol. The van der Waals surface area contributed by atoms with Crippen molar-refractivity contribution in [3.05, 3.63) is 17.5 Å². The number of nitrogens with one attached hydrogen (secondary N) is 1. The smallest absolute Gasteiger partial charge is 0.274 e. The molecule has 94 valence electrons. The number of hydrogen-bond donors (Lipinski definition) is 1. The number of rotatable bonds is 3. The highest BCUT2D eigenvalue weighted by atomic mass is 16.2. The number of H-pyrrole nitrogens is 1. The third-order valence-corrected chi connectivity index (χ3v) is 3.43. The number of likely N-dealkylation sites (tertiary alicyclic amines) is 1. The summed E-state index contributed by atoms with van der Waals surface area (Å²) in [7, 11) is 0. The molecule has 4 nitrogen and oxygen atoms in total. The summed E-state index contributed by atoms with van der Waals surface area (Å²) >= 11 is 0. The van der Waals surface area contributed by atoms with Gasteiger partial charge >= 0.3 is 0 Å². The van der Waals surface area contributed by atoms with Crippen LogP contribution in [-0.4, -0.2) is 33.6 Å². The molecule has 0 aliphatic carbocycles. The van der Waals surface area contributed by atoms with Gasteiger partial charge in [-0.2, -0.15) is 5.10 Å². The number of aromatic amines is 1. The van der Waals surface area contributed by atoms with Crippen LogP contribution in [0, 0.1) is 0 Å². The highest BCUT2D eigenvalue weighted by Gasteiger charge is 2.25. The normalized spacial score (nSPS) is 20.6. The molecule has 4 heteroatoms. The molecule has 1 atom stereocenters. The number of hydrogen-bond acceptors (Lipinski definition) is 2. The summed E-state index contributed by atoms with van der Waals surface area (Å²) in [5.74, 6) is 0.0794. The lowest BCUT2D eigenvalue weighted by Crippen LogP contribution is -2.42. The Morgan fingerprint density at radius 1 is 1.59 bits per heavy atom. The van der Waals surface area contributed by atoms with Crippen LogP contribution in [-0.2, 0) is 6.42 Å². The summed E-state index contributed by atoms with van der Waals surface area (Å²) < 4.78 is 0. The molecule has 2 rings (SSSR count). The Kier molecular flexibility index (Phi) is 3.82. The molecule has 0 spiro atoms. The van der Waals surface area contributed by atoms with Crippen LogP contribution in [0.1, 0.15) is 55.7 Å². The van der Waals surface area contributed by atoms with Crippen molar-refractivity contribution >= 4 is 5.91 Å². The van der Waals surface area contributed by atoms with E-state index in [1.807, 2.05) is 11.0 Å². The molecule has 0 radical (unpaired) electrons. The first kappa shape index (κ1) is 12.1. The van der Waals surface area contributed by atoms with Gasteiger partial charge in [-0.15, -0.1) is 0 Å². The van der Waals surface area contributed by atoms with Crippen molar-refractivity contribution in [3.63, 3.8) is 0 Å². The third-order valence-electron chi connectivity index (χ3n) is 3.43. The number of carbonyl (C=O) groups is 1. The molecule has 0 saturated carbocycles. The largest absolute Gasteiger partial charge is 0.335 e.